The molecule has 0 aromatic heterocycles. The Kier molecular flexibility index (Phi) is 24.0. The quantitative estimate of drug-likeness (QED) is 0.273. The highest BCUT2D eigenvalue weighted by Crippen LogP contribution is 2.21. The van der Waals surface area contributed by atoms with Crippen LogP contribution in [-0.4, -0.2) is 54.7 Å². The lowest BCUT2D eigenvalue weighted by atomic mass is 9.86. The molecule has 7 nitrogen and oxygen atoms in total. The van der Waals surface area contributed by atoms with E-state index in [-0.39, 0.29) is 12.5 Å². The minimum atomic E-state index is -0.765. The van der Waals surface area contributed by atoms with Gasteiger partial charge in [0.25, 0.3) is 0 Å². The minimum Gasteiger partial charge on any atom is -0.463 e. The number of likely N-dealkylation sites (N-methyl/N-ethyl adjacent to an activating group) is 1. The van der Waals surface area contributed by atoms with Gasteiger partial charge in [-0.2, -0.15) is 0 Å². The number of esters is 1. The first-order valence-corrected chi connectivity index (χ1v) is 12.0. The largest absolute Gasteiger partial charge is 0.463 e. The van der Waals surface area contributed by atoms with Crippen LogP contribution >= 0.6 is 0 Å². The van der Waals surface area contributed by atoms with Gasteiger partial charge in [0.05, 0.1) is 6.61 Å². The number of rotatable bonds is 7. The first-order valence-electron chi connectivity index (χ1n) is 12.0. The number of hydrogen-bond donors (Lipinski definition) is 1. The summed E-state index contributed by atoms with van der Waals surface area (Å²) in [5.74, 6) is -0.677. The second-order valence-electron chi connectivity index (χ2n) is 9.27. The average Bonchev–Trinajstić information content (AvgIpc) is 2.76. The summed E-state index contributed by atoms with van der Waals surface area (Å²) in [6.07, 6.45) is 11.6. The Morgan fingerprint density at radius 3 is 1.74 bits per heavy atom. The lowest BCUT2D eigenvalue weighted by Crippen LogP contribution is -2.54. The van der Waals surface area contributed by atoms with Gasteiger partial charge in [-0.05, 0) is 40.0 Å². The van der Waals surface area contributed by atoms with Gasteiger partial charge >= 0.3 is 12.1 Å². The molecule has 0 radical (unpaired) electrons. The highest BCUT2D eigenvalue weighted by Gasteiger charge is 2.35. The summed E-state index contributed by atoms with van der Waals surface area (Å²) in [6, 6.07) is -0.765. The molecule has 0 rings (SSSR count). The van der Waals surface area contributed by atoms with Crippen LogP contribution in [0.5, 0.6) is 0 Å². The molecule has 0 unspecified atom stereocenters. The molecule has 1 atom stereocenters. The number of terminal acetylenes is 1. The Balaban J connectivity index is -0.000000493. The van der Waals surface area contributed by atoms with Gasteiger partial charge in [-0.25, -0.2) is 9.59 Å². The Hall–Kier alpha value is -2.49. The zero-order valence-corrected chi connectivity index (χ0v) is 24.1. The number of unbranched alkanes of at least 4 members (excludes halogenated alkanes) is 1. The molecule has 0 aliphatic rings. The molecule has 0 saturated heterocycles. The molecule has 0 heterocycles. The smallest absolute Gasteiger partial charge is 0.408 e. The summed E-state index contributed by atoms with van der Waals surface area (Å²) in [4.78, 5) is 38.0. The van der Waals surface area contributed by atoms with Gasteiger partial charge in [-0.1, -0.05) is 67.4 Å². The topological polar surface area (TPSA) is 84.9 Å². The van der Waals surface area contributed by atoms with E-state index in [4.69, 9.17) is 9.47 Å². The fraction of sp³-hybridized carbons (Fsp3) is 0.741. The van der Waals surface area contributed by atoms with Crippen molar-refractivity contribution in [2.75, 3.05) is 20.2 Å². The van der Waals surface area contributed by atoms with Crippen molar-refractivity contribution in [1.82, 2.24) is 10.2 Å². The van der Waals surface area contributed by atoms with Crippen molar-refractivity contribution in [3.05, 3.63) is 11.6 Å². The third kappa shape index (κ3) is 21.4. The molecule has 0 aromatic rings. The predicted molar refractivity (Wildman–Crippen MR) is 142 cm³/mol. The van der Waals surface area contributed by atoms with Gasteiger partial charge in [0.1, 0.15) is 11.6 Å². The third-order valence-electron chi connectivity index (χ3n) is 3.92. The zero-order valence-electron chi connectivity index (χ0n) is 24.1. The van der Waals surface area contributed by atoms with Crippen LogP contribution in [0.2, 0.25) is 0 Å². The number of carbonyl (C=O) groups is 3. The van der Waals surface area contributed by atoms with E-state index in [1.807, 2.05) is 34.6 Å². The number of nitrogens with one attached hydrogen (secondary N) is 1. The van der Waals surface area contributed by atoms with Crippen LogP contribution in [0.1, 0.15) is 95.9 Å². The standard InChI is InChI=1S/C19H34N2O5.C4H10.C2H6.C2H2/c1-10-25-16(23)13(2)11-12-21(9)15(22)14(18(3,4)5)20-17(24)26-19(6,7)8;1-3-4-2;2*1-2/h11,14H,10,12H2,1-9H3,(H,20,24);3-4H2,1-2H3;1-2H3;1-2H/b13-11+;;;/t14-;;;/m1.../s1. The van der Waals surface area contributed by atoms with Crippen molar-refractivity contribution in [3.63, 3.8) is 0 Å². The van der Waals surface area contributed by atoms with Gasteiger partial charge in [0.15, 0.2) is 0 Å². The number of ether oxygens (including phenoxy) is 2. The van der Waals surface area contributed by atoms with Gasteiger partial charge < -0.3 is 19.7 Å². The molecule has 200 valence electrons. The maximum absolute atomic E-state index is 12.8. The van der Waals surface area contributed by atoms with Crippen LogP contribution in [0.15, 0.2) is 11.6 Å². The molecular formula is C27H52N2O5. The molecule has 0 bridgehead atoms. The van der Waals surface area contributed by atoms with E-state index in [0.29, 0.717) is 12.2 Å². The van der Waals surface area contributed by atoms with Crippen LogP contribution in [-0.2, 0) is 19.1 Å². The van der Waals surface area contributed by atoms with Crippen molar-refractivity contribution < 1.29 is 23.9 Å². The number of amides is 2. The van der Waals surface area contributed by atoms with Crippen molar-refractivity contribution in [2.24, 2.45) is 5.41 Å². The molecule has 7 heteroatoms. The Labute approximate surface area is 210 Å². The average molecular weight is 485 g/mol. The molecule has 0 spiro atoms. The van der Waals surface area contributed by atoms with Crippen molar-refractivity contribution in [1.29, 1.82) is 0 Å². The number of alkyl carbamates (subject to hydrolysis) is 1. The van der Waals surface area contributed by atoms with Gasteiger partial charge in [0, 0.05) is 19.2 Å². The fourth-order valence-corrected chi connectivity index (χ4v) is 1.99. The van der Waals surface area contributed by atoms with E-state index < -0.39 is 29.1 Å². The van der Waals surface area contributed by atoms with Crippen molar-refractivity contribution >= 4 is 18.0 Å². The Morgan fingerprint density at radius 1 is 0.971 bits per heavy atom. The lowest BCUT2D eigenvalue weighted by molar-refractivity contribution is -0.138. The molecule has 2 amide bonds. The maximum atomic E-state index is 12.8. The van der Waals surface area contributed by atoms with Gasteiger partial charge in [-0.15, -0.1) is 12.8 Å². The second kappa shape index (κ2) is 21.1. The first kappa shape index (κ1) is 38.8. The molecule has 34 heavy (non-hydrogen) atoms. The van der Waals surface area contributed by atoms with E-state index in [0.717, 1.165) is 0 Å². The molecule has 0 aliphatic heterocycles. The lowest BCUT2D eigenvalue weighted by Gasteiger charge is -2.33. The highest BCUT2D eigenvalue weighted by atomic mass is 16.6. The number of hydrogen-bond acceptors (Lipinski definition) is 5. The third-order valence-corrected chi connectivity index (χ3v) is 3.92. The highest BCUT2D eigenvalue weighted by molar-refractivity contribution is 5.88. The zero-order chi connectivity index (χ0) is 28.1. The molecule has 0 saturated carbocycles. The minimum absolute atomic E-state index is 0.228. The summed E-state index contributed by atoms with van der Waals surface area (Å²) >= 11 is 0. The van der Waals surface area contributed by atoms with Crippen molar-refractivity contribution in [3.8, 4) is 12.8 Å². The van der Waals surface area contributed by atoms with Crippen LogP contribution in [0.3, 0.4) is 0 Å². The monoisotopic (exact) mass is 484 g/mol. The second-order valence-corrected chi connectivity index (χ2v) is 9.27. The summed E-state index contributed by atoms with van der Waals surface area (Å²) in [5.41, 5.74) is -0.734. The maximum Gasteiger partial charge on any atom is 0.408 e. The van der Waals surface area contributed by atoms with Crippen LogP contribution in [0.4, 0.5) is 4.79 Å². The SMILES string of the molecule is C#C.CC.CCCC.CCOC(=O)/C(C)=C/CN(C)C(=O)[C@@H](NC(=O)OC(C)(C)C)C(C)(C)C. The fourth-order valence-electron chi connectivity index (χ4n) is 1.99. The van der Waals surface area contributed by atoms with E-state index in [2.05, 4.69) is 32.0 Å². The number of nitrogens with zero attached hydrogens (tertiary/aromatic N) is 1. The molecule has 1 N–H and O–H groups in total. The molecular weight excluding hydrogens is 432 g/mol. The summed E-state index contributed by atoms with van der Waals surface area (Å²) in [5, 5.41) is 2.66. The van der Waals surface area contributed by atoms with Crippen LogP contribution in [0.25, 0.3) is 0 Å². The Morgan fingerprint density at radius 2 is 1.41 bits per heavy atom. The summed E-state index contributed by atoms with van der Waals surface area (Å²) in [7, 11) is 1.62. The van der Waals surface area contributed by atoms with E-state index in [1.54, 1.807) is 47.7 Å². The molecule has 0 aromatic carbocycles. The number of carbonyl (C=O) groups excluding carboxylic acids is 3. The van der Waals surface area contributed by atoms with Crippen LogP contribution < -0.4 is 5.32 Å². The van der Waals surface area contributed by atoms with Gasteiger partial charge in [0.2, 0.25) is 5.91 Å². The first-order chi connectivity index (χ1) is 15.6. The van der Waals surface area contributed by atoms with E-state index >= 15 is 0 Å². The van der Waals surface area contributed by atoms with Crippen molar-refractivity contribution in [2.45, 2.75) is 108 Å². The van der Waals surface area contributed by atoms with Gasteiger partial charge in [-0.3, -0.25) is 4.79 Å². The predicted octanol–water partition coefficient (Wildman–Crippen LogP) is 5.98. The summed E-state index contributed by atoms with van der Waals surface area (Å²) < 4.78 is 10.2. The Bertz CT molecular complexity index is 609. The van der Waals surface area contributed by atoms with E-state index in [9.17, 15) is 14.4 Å². The van der Waals surface area contributed by atoms with E-state index in [1.165, 1.54) is 17.7 Å². The molecule has 0 aliphatic carbocycles. The van der Waals surface area contributed by atoms with Crippen LogP contribution in [0, 0.1) is 18.3 Å². The molecule has 0 fully saturated rings. The normalized spacial score (nSPS) is 11.6. The summed E-state index contributed by atoms with van der Waals surface area (Å²) in [6.45, 7) is 23.1.